The Labute approximate surface area is 137 Å². The van der Waals surface area contributed by atoms with E-state index in [2.05, 4.69) is 24.0 Å². The van der Waals surface area contributed by atoms with Crippen LogP contribution in [0.5, 0.6) is 0 Å². The molecule has 0 unspecified atom stereocenters. The average Bonchev–Trinajstić information content (AvgIpc) is 3.19. The van der Waals surface area contributed by atoms with Crippen molar-refractivity contribution in [1.29, 1.82) is 0 Å². The van der Waals surface area contributed by atoms with Crippen molar-refractivity contribution >= 4 is 16.9 Å². The number of amides is 1. The first-order chi connectivity index (χ1) is 11.2. The van der Waals surface area contributed by atoms with Crippen LogP contribution in [0.2, 0.25) is 0 Å². The molecule has 1 amide bonds. The second-order valence-electron chi connectivity index (χ2n) is 6.72. The molecule has 1 aromatic carbocycles. The molecule has 0 saturated carbocycles. The summed E-state index contributed by atoms with van der Waals surface area (Å²) in [7, 11) is 0. The molecule has 2 aromatic rings. The predicted molar refractivity (Wildman–Crippen MR) is 90.6 cm³/mol. The SMILES string of the molecule is CCN1CCN(C(=O)Cc2coc3cc4c(cc23)CCC4)CC1. The van der Waals surface area contributed by atoms with Gasteiger partial charge in [-0.25, -0.2) is 0 Å². The van der Waals surface area contributed by atoms with Crippen molar-refractivity contribution in [3.05, 3.63) is 35.1 Å². The van der Waals surface area contributed by atoms with Gasteiger partial charge in [0.2, 0.25) is 5.91 Å². The molecular formula is C19H24N2O2. The molecule has 4 heteroatoms. The highest BCUT2D eigenvalue weighted by atomic mass is 16.3. The first-order valence-corrected chi connectivity index (χ1v) is 8.76. The number of carbonyl (C=O) groups is 1. The van der Waals surface area contributed by atoms with Crippen LogP contribution in [0, 0.1) is 0 Å². The summed E-state index contributed by atoms with van der Waals surface area (Å²) in [6.45, 7) is 6.91. The molecule has 1 saturated heterocycles. The number of likely N-dealkylation sites (N-methyl/N-ethyl adjacent to an activating group) is 1. The summed E-state index contributed by atoms with van der Waals surface area (Å²) in [4.78, 5) is 17.0. The molecule has 0 N–H and O–H groups in total. The van der Waals surface area contributed by atoms with Gasteiger partial charge in [0.05, 0.1) is 12.7 Å². The molecule has 23 heavy (non-hydrogen) atoms. The Kier molecular flexibility index (Phi) is 3.85. The Bertz CT molecular complexity index is 726. The van der Waals surface area contributed by atoms with Gasteiger partial charge in [-0.05, 0) is 49.1 Å². The summed E-state index contributed by atoms with van der Waals surface area (Å²) in [5.41, 5.74) is 4.83. The molecule has 1 fully saturated rings. The number of fused-ring (bicyclic) bond motifs is 2. The quantitative estimate of drug-likeness (QED) is 0.874. The van der Waals surface area contributed by atoms with Crippen LogP contribution in [0.25, 0.3) is 11.0 Å². The summed E-state index contributed by atoms with van der Waals surface area (Å²) < 4.78 is 5.72. The topological polar surface area (TPSA) is 36.7 Å². The van der Waals surface area contributed by atoms with E-state index < -0.39 is 0 Å². The third kappa shape index (κ3) is 2.76. The standard InChI is InChI=1S/C19H24N2O2/c1-2-20-6-8-21(9-7-20)19(22)12-16-13-23-18-11-15-5-3-4-14(15)10-17(16)18/h10-11,13H,2-9,12H2,1H3. The van der Waals surface area contributed by atoms with E-state index in [9.17, 15) is 4.79 Å². The van der Waals surface area contributed by atoms with Crippen molar-refractivity contribution in [3.8, 4) is 0 Å². The highest BCUT2D eigenvalue weighted by molar-refractivity contribution is 5.88. The molecule has 122 valence electrons. The summed E-state index contributed by atoms with van der Waals surface area (Å²) in [6, 6.07) is 4.42. The van der Waals surface area contributed by atoms with E-state index in [0.717, 1.165) is 62.1 Å². The van der Waals surface area contributed by atoms with Gasteiger partial charge < -0.3 is 14.2 Å². The average molecular weight is 312 g/mol. The minimum Gasteiger partial charge on any atom is -0.464 e. The Morgan fingerprint density at radius 1 is 1.13 bits per heavy atom. The van der Waals surface area contributed by atoms with Crippen LogP contribution in [0.4, 0.5) is 0 Å². The van der Waals surface area contributed by atoms with Gasteiger partial charge in [0.25, 0.3) is 0 Å². The Morgan fingerprint density at radius 2 is 1.87 bits per heavy atom. The maximum atomic E-state index is 12.6. The number of hydrogen-bond acceptors (Lipinski definition) is 3. The first kappa shape index (κ1) is 14.8. The molecule has 4 rings (SSSR count). The van der Waals surface area contributed by atoms with Crippen molar-refractivity contribution in [2.45, 2.75) is 32.6 Å². The smallest absolute Gasteiger partial charge is 0.227 e. The molecule has 1 aliphatic carbocycles. The van der Waals surface area contributed by atoms with Crippen LogP contribution in [0.1, 0.15) is 30.0 Å². The molecule has 0 bridgehead atoms. The highest BCUT2D eigenvalue weighted by Gasteiger charge is 2.22. The predicted octanol–water partition coefficient (Wildman–Crippen LogP) is 2.63. The number of rotatable bonds is 3. The molecule has 0 radical (unpaired) electrons. The zero-order chi connectivity index (χ0) is 15.8. The fourth-order valence-corrected chi connectivity index (χ4v) is 3.87. The van der Waals surface area contributed by atoms with Gasteiger partial charge in [0, 0.05) is 37.1 Å². The van der Waals surface area contributed by atoms with Crippen LogP contribution in [0.3, 0.4) is 0 Å². The lowest BCUT2D eigenvalue weighted by atomic mass is 10.0. The monoisotopic (exact) mass is 312 g/mol. The second-order valence-corrected chi connectivity index (χ2v) is 6.72. The lowest BCUT2D eigenvalue weighted by Crippen LogP contribution is -2.48. The van der Waals surface area contributed by atoms with Crippen molar-refractivity contribution in [1.82, 2.24) is 9.80 Å². The van der Waals surface area contributed by atoms with E-state index in [0.29, 0.717) is 6.42 Å². The third-order valence-corrected chi connectivity index (χ3v) is 5.38. The van der Waals surface area contributed by atoms with Crippen LogP contribution < -0.4 is 0 Å². The van der Waals surface area contributed by atoms with Crippen LogP contribution in [-0.2, 0) is 24.1 Å². The molecule has 4 nitrogen and oxygen atoms in total. The highest BCUT2D eigenvalue weighted by Crippen LogP contribution is 2.30. The maximum absolute atomic E-state index is 12.6. The number of carbonyl (C=O) groups excluding carboxylic acids is 1. The number of nitrogens with zero attached hydrogens (tertiary/aromatic N) is 2. The summed E-state index contributed by atoms with van der Waals surface area (Å²) in [6.07, 6.45) is 5.78. The van der Waals surface area contributed by atoms with Crippen LogP contribution >= 0.6 is 0 Å². The Hall–Kier alpha value is -1.81. The van der Waals surface area contributed by atoms with E-state index in [1.54, 1.807) is 6.26 Å². The van der Waals surface area contributed by atoms with Gasteiger partial charge in [-0.15, -0.1) is 0 Å². The van der Waals surface area contributed by atoms with Gasteiger partial charge in [-0.1, -0.05) is 6.92 Å². The normalized spacial score (nSPS) is 18.6. The molecule has 1 aromatic heterocycles. The fourth-order valence-electron chi connectivity index (χ4n) is 3.87. The van der Waals surface area contributed by atoms with Crippen molar-refractivity contribution in [3.63, 3.8) is 0 Å². The molecular weight excluding hydrogens is 288 g/mol. The number of benzene rings is 1. The largest absolute Gasteiger partial charge is 0.464 e. The molecule has 1 aliphatic heterocycles. The molecule has 0 spiro atoms. The third-order valence-electron chi connectivity index (χ3n) is 5.38. The van der Waals surface area contributed by atoms with Gasteiger partial charge in [-0.3, -0.25) is 4.79 Å². The number of aryl methyl sites for hydroxylation is 2. The summed E-state index contributed by atoms with van der Waals surface area (Å²) in [5, 5.41) is 1.13. The maximum Gasteiger partial charge on any atom is 0.227 e. The zero-order valence-electron chi connectivity index (χ0n) is 13.8. The van der Waals surface area contributed by atoms with E-state index in [1.807, 2.05) is 4.90 Å². The Balaban J connectivity index is 1.50. The van der Waals surface area contributed by atoms with Gasteiger partial charge in [0.15, 0.2) is 0 Å². The molecule has 2 heterocycles. The van der Waals surface area contributed by atoms with Crippen LogP contribution in [0.15, 0.2) is 22.8 Å². The van der Waals surface area contributed by atoms with E-state index in [4.69, 9.17) is 4.42 Å². The lowest BCUT2D eigenvalue weighted by molar-refractivity contribution is -0.132. The minimum absolute atomic E-state index is 0.226. The zero-order valence-corrected chi connectivity index (χ0v) is 13.8. The van der Waals surface area contributed by atoms with Gasteiger partial charge in [-0.2, -0.15) is 0 Å². The number of furan rings is 1. The number of piperazine rings is 1. The summed E-state index contributed by atoms with van der Waals surface area (Å²) in [5.74, 6) is 0.226. The van der Waals surface area contributed by atoms with Gasteiger partial charge >= 0.3 is 0 Å². The van der Waals surface area contributed by atoms with Crippen molar-refractivity contribution in [2.75, 3.05) is 32.7 Å². The van der Waals surface area contributed by atoms with E-state index in [1.165, 1.54) is 17.5 Å². The second kappa shape index (κ2) is 6.00. The van der Waals surface area contributed by atoms with Crippen molar-refractivity contribution < 1.29 is 9.21 Å². The lowest BCUT2D eigenvalue weighted by Gasteiger charge is -2.34. The van der Waals surface area contributed by atoms with E-state index >= 15 is 0 Å². The van der Waals surface area contributed by atoms with Crippen molar-refractivity contribution in [2.24, 2.45) is 0 Å². The Morgan fingerprint density at radius 3 is 2.61 bits per heavy atom. The minimum atomic E-state index is 0.226. The summed E-state index contributed by atoms with van der Waals surface area (Å²) >= 11 is 0. The van der Waals surface area contributed by atoms with E-state index in [-0.39, 0.29) is 5.91 Å². The molecule has 0 atom stereocenters. The number of hydrogen-bond donors (Lipinski definition) is 0. The fraction of sp³-hybridized carbons (Fsp3) is 0.526. The van der Waals surface area contributed by atoms with Crippen LogP contribution in [-0.4, -0.2) is 48.4 Å². The first-order valence-electron chi connectivity index (χ1n) is 8.76. The van der Waals surface area contributed by atoms with Gasteiger partial charge in [0.1, 0.15) is 5.58 Å². The molecule has 2 aliphatic rings.